The van der Waals surface area contributed by atoms with Gasteiger partial charge in [0.25, 0.3) is 5.91 Å². The van der Waals surface area contributed by atoms with E-state index in [1.54, 1.807) is 13.0 Å². The zero-order chi connectivity index (χ0) is 12.1. The minimum absolute atomic E-state index is 0.352. The maximum atomic E-state index is 11.2. The molecule has 0 aliphatic rings. The number of carbonyl (C=O) groups is 1. The molecule has 1 atom stereocenters. The Kier molecular flexibility index (Phi) is 4.13. The van der Waals surface area contributed by atoms with Crippen LogP contribution < -0.4 is 20.9 Å². The number of nitrogens with two attached hydrogens (primary N) is 1. The fourth-order valence-corrected chi connectivity index (χ4v) is 1.21. The van der Waals surface area contributed by atoms with Gasteiger partial charge in [0, 0.05) is 25.8 Å². The smallest absolute Gasteiger partial charge is 0.274 e. The van der Waals surface area contributed by atoms with E-state index in [0.717, 1.165) is 5.69 Å². The molecule has 0 aliphatic carbocycles. The highest BCUT2D eigenvalue weighted by molar-refractivity contribution is 5.80. The van der Waals surface area contributed by atoms with Gasteiger partial charge in [-0.1, -0.05) is 6.07 Å². The van der Waals surface area contributed by atoms with E-state index in [4.69, 9.17) is 10.6 Å². The molecule has 1 rings (SSSR count). The summed E-state index contributed by atoms with van der Waals surface area (Å²) in [6, 6.07) is 7.49. The van der Waals surface area contributed by atoms with Crippen LogP contribution in [0.15, 0.2) is 24.3 Å². The van der Waals surface area contributed by atoms with Gasteiger partial charge in [-0.15, -0.1) is 0 Å². The lowest BCUT2D eigenvalue weighted by molar-refractivity contribution is -0.127. The summed E-state index contributed by atoms with van der Waals surface area (Å²) < 4.78 is 5.44. The molecule has 5 nitrogen and oxygen atoms in total. The standard InChI is InChI=1S/C11H17N3O2/c1-8(11(15)13-12)16-10-6-4-5-9(7-10)14(2)3/h4-8H,12H2,1-3H3,(H,13,15). The highest BCUT2D eigenvalue weighted by atomic mass is 16.5. The number of rotatable bonds is 4. The first-order valence-corrected chi connectivity index (χ1v) is 4.99. The first-order chi connectivity index (χ1) is 7.54. The largest absolute Gasteiger partial charge is 0.481 e. The molecule has 0 aromatic heterocycles. The number of benzene rings is 1. The summed E-state index contributed by atoms with van der Waals surface area (Å²) in [6.07, 6.45) is -0.609. The van der Waals surface area contributed by atoms with Crippen LogP contribution in [0.1, 0.15) is 6.92 Å². The minimum atomic E-state index is -0.609. The molecule has 5 heteroatoms. The third kappa shape index (κ3) is 3.13. The van der Waals surface area contributed by atoms with Gasteiger partial charge in [-0.2, -0.15) is 0 Å². The Morgan fingerprint density at radius 1 is 1.50 bits per heavy atom. The average Bonchev–Trinajstić information content (AvgIpc) is 2.28. The van der Waals surface area contributed by atoms with Crippen LogP contribution >= 0.6 is 0 Å². The minimum Gasteiger partial charge on any atom is -0.481 e. The van der Waals surface area contributed by atoms with Crippen LogP contribution in [0.3, 0.4) is 0 Å². The predicted molar refractivity (Wildman–Crippen MR) is 63.2 cm³/mol. The highest BCUT2D eigenvalue weighted by Gasteiger charge is 2.12. The lowest BCUT2D eigenvalue weighted by Gasteiger charge is -2.16. The average molecular weight is 223 g/mol. The van der Waals surface area contributed by atoms with Gasteiger partial charge in [0.1, 0.15) is 5.75 Å². The van der Waals surface area contributed by atoms with Gasteiger partial charge in [0.15, 0.2) is 6.10 Å². The van der Waals surface area contributed by atoms with E-state index in [9.17, 15) is 4.79 Å². The van der Waals surface area contributed by atoms with Crippen LogP contribution in [0, 0.1) is 0 Å². The van der Waals surface area contributed by atoms with E-state index >= 15 is 0 Å². The fourth-order valence-electron chi connectivity index (χ4n) is 1.21. The summed E-state index contributed by atoms with van der Waals surface area (Å²) in [4.78, 5) is 13.1. The Hall–Kier alpha value is -1.75. The van der Waals surface area contributed by atoms with Gasteiger partial charge in [-0.25, -0.2) is 5.84 Å². The van der Waals surface area contributed by atoms with Gasteiger partial charge in [0.2, 0.25) is 0 Å². The molecular weight excluding hydrogens is 206 g/mol. The third-order valence-electron chi connectivity index (χ3n) is 2.16. The van der Waals surface area contributed by atoms with Gasteiger partial charge in [-0.05, 0) is 19.1 Å². The van der Waals surface area contributed by atoms with Crippen LogP contribution in [0.5, 0.6) is 5.75 Å². The molecule has 16 heavy (non-hydrogen) atoms. The number of ether oxygens (including phenoxy) is 1. The number of carbonyl (C=O) groups excluding carboxylic acids is 1. The van der Waals surface area contributed by atoms with Crippen molar-refractivity contribution in [2.24, 2.45) is 5.84 Å². The number of hydrogen-bond donors (Lipinski definition) is 2. The summed E-state index contributed by atoms with van der Waals surface area (Å²) >= 11 is 0. The summed E-state index contributed by atoms with van der Waals surface area (Å²) in [7, 11) is 3.88. The van der Waals surface area contributed by atoms with Crippen molar-refractivity contribution in [3.8, 4) is 5.75 Å². The molecule has 0 heterocycles. The summed E-state index contributed by atoms with van der Waals surface area (Å²) in [5.41, 5.74) is 3.06. The maximum absolute atomic E-state index is 11.2. The molecule has 0 radical (unpaired) electrons. The van der Waals surface area contributed by atoms with Crippen LogP contribution in [-0.2, 0) is 4.79 Å². The van der Waals surface area contributed by atoms with Crippen molar-refractivity contribution in [2.75, 3.05) is 19.0 Å². The molecule has 0 aliphatic heterocycles. The van der Waals surface area contributed by atoms with Crippen LogP contribution in [0.4, 0.5) is 5.69 Å². The molecule has 1 amide bonds. The Labute approximate surface area is 95.2 Å². The van der Waals surface area contributed by atoms with Crippen LogP contribution in [0.25, 0.3) is 0 Å². The lowest BCUT2D eigenvalue weighted by Crippen LogP contribution is -2.40. The number of anilines is 1. The van der Waals surface area contributed by atoms with Crippen molar-refractivity contribution < 1.29 is 9.53 Å². The van der Waals surface area contributed by atoms with E-state index < -0.39 is 6.10 Å². The molecule has 0 saturated heterocycles. The molecule has 0 bridgehead atoms. The van der Waals surface area contributed by atoms with E-state index in [2.05, 4.69) is 0 Å². The number of amides is 1. The Bertz CT molecular complexity index is 366. The number of hydrogen-bond acceptors (Lipinski definition) is 4. The molecule has 1 aromatic rings. The maximum Gasteiger partial charge on any atom is 0.274 e. The van der Waals surface area contributed by atoms with Gasteiger partial charge < -0.3 is 9.64 Å². The molecule has 0 fully saturated rings. The van der Waals surface area contributed by atoms with Gasteiger partial charge in [-0.3, -0.25) is 10.2 Å². The van der Waals surface area contributed by atoms with Crippen molar-refractivity contribution >= 4 is 11.6 Å². The molecule has 0 spiro atoms. The predicted octanol–water partition coefficient (Wildman–Crippen LogP) is 0.510. The molecule has 88 valence electrons. The second kappa shape index (κ2) is 5.37. The fraction of sp³-hybridized carbons (Fsp3) is 0.364. The zero-order valence-electron chi connectivity index (χ0n) is 9.73. The first-order valence-electron chi connectivity index (χ1n) is 4.99. The van der Waals surface area contributed by atoms with Gasteiger partial charge >= 0.3 is 0 Å². The Balaban J connectivity index is 2.74. The van der Waals surface area contributed by atoms with Crippen molar-refractivity contribution in [1.29, 1.82) is 0 Å². The van der Waals surface area contributed by atoms with E-state index in [1.165, 1.54) is 0 Å². The molecular formula is C11H17N3O2. The van der Waals surface area contributed by atoms with Crippen molar-refractivity contribution in [3.05, 3.63) is 24.3 Å². The second-order valence-electron chi connectivity index (χ2n) is 3.66. The Morgan fingerprint density at radius 2 is 2.19 bits per heavy atom. The number of nitrogens with one attached hydrogen (secondary N) is 1. The molecule has 1 unspecified atom stereocenters. The topological polar surface area (TPSA) is 67.6 Å². The summed E-state index contributed by atoms with van der Waals surface area (Å²) in [5.74, 6) is 5.31. The SMILES string of the molecule is CC(Oc1cccc(N(C)C)c1)C(=O)NN. The summed E-state index contributed by atoms with van der Waals surface area (Å²) in [6.45, 7) is 1.64. The third-order valence-corrected chi connectivity index (χ3v) is 2.16. The second-order valence-corrected chi connectivity index (χ2v) is 3.66. The highest BCUT2D eigenvalue weighted by Crippen LogP contribution is 2.20. The summed E-state index contributed by atoms with van der Waals surface area (Å²) in [5, 5.41) is 0. The van der Waals surface area contributed by atoms with Crippen LogP contribution in [-0.4, -0.2) is 26.1 Å². The van der Waals surface area contributed by atoms with E-state index in [1.807, 2.05) is 42.6 Å². The zero-order valence-corrected chi connectivity index (χ0v) is 9.73. The van der Waals surface area contributed by atoms with Crippen LogP contribution in [0.2, 0.25) is 0 Å². The monoisotopic (exact) mass is 223 g/mol. The van der Waals surface area contributed by atoms with E-state index in [0.29, 0.717) is 5.75 Å². The first kappa shape index (κ1) is 12.3. The normalized spacial score (nSPS) is 11.8. The number of hydrazine groups is 1. The lowest BCUT2D eigenvalue weighted by atomic mass is 10.3. The molecule has 0 saturated carbocycles. The van der Waals surface area contributed by atoms with Crippen molar-refractivity contribution in [1.82, 2.24) is 5.43 Å². The van der Waals surface area contributed by atoms with Gasteiger partial charge in [0.05, 0.1) is 0 Å². The quantitative estimate of drug-likeness (QED) is 0.443. The van der Waals surface area contributed by atoms with E-state index in [-0.39, 0.29) is 5.91 Å². The molecule has 1 aromatic carbocycles. The Morgan fingerprint density at radius 3 is 2.75 bits per heavy atom. The van der Waals surface area contributed by atoms with Crippen molar-refractivity contribution in [2.45, 2.75) is 13.0 Å². The number of nitrogens with zero attached hydrogens (tertiary/aromatic N) is 1. The molecule has 3 N–H and O–H groups in total. The van der Waals surface area contributed by atoms with Crippen molar-refractivity contribution in [3.63, 3.8) is 0 Å².